The van der Waals surface area contributed by atoms with Crippen LogP contribution in [0.25, 0.3) is 0 Å². The standard InChI is InChI=1S/C13H22N4O2/c1-4-6-15-12-9-14-8-11(17-12)13(18)16-7-10(3)19-5-2/h8-10H,4-7H2,1-3H3,(H,15,17)(H,16,18). The van der Waals surface area contributed by atoms with E-state index in [9.17, 15) is 4.79 Å². The van der Waals surface area contributed by atoms with Gasteiger partial charge < -0.3 is 15.4 Å². The molecule has 0 saturated carbocycles. The van der Waals surface area contributed by atoms with Crippen LogP contribution in [-0.4, -0.2) is 41.7 Å². The highest BCUT2D eigenvalue weighted by atomic mass is 16.5. The van der Waals surface area contributed by atoms with Crippen molar-refractivity contribution in [2.24, 2.45) is 0 Å². The van der Waals surface area contributed by atoms with Gasteiger partial charge in [-0.15, -0.1) is 0 Å². The maximum absolute atomic E-state index is 11.9. The van der Waals surface area contributed by atoms with Crippen molar-refractivity contribution < 1.29 is 9.53 Å². The zero-order valence-electron chi connectivity index (χ0n) is 11.8. The topological polar surface area (TPSA) is 76.1 Å². The molecule has 0 fully saturated rings. The molecule has 6 nitrogen and oxygen atoms in total. The molecular formula is C13H22N4O2. The number of hydrogen-bond donors (Lipinski definition) is 2. The summed E-state index contributed by atoms with van der Waals surface area (Å²) in [4.78, 5) is 20.1. The van der Waals surface area contributed by atoms with Crippen LogP contribution in [0.15, 0.2) is 12.4 Å². The number of hydrogen-bond acceptors (Lipinski definition) is 5. The lowest BCUT2D eigenvalue weighted by Gasteiger charge is -2.12. The Hall–Kier alpha value is -1.69. The van der Waals surface area contributed by atoms with E-state index in [1.165, 1.54) is 6.20 Å². The molecule has 1 rings (SSSR count). The van der Waals surface area contributed by atoms with Crippen LogP contribution in [0.2, 0.25) is 0 Å². The molecule has 0 radical (unpaired) electrons. The van der Waals surface area contributed by atoms with Crippen LogP contribution in [0.1, 0.15) is 37.7 Å². The normalized spacial score (nSPS) is 11.9. The quantitative estimate of drug-likeness (QED) is 0.745. The second kappa shape index (κ2) is 8.42. The van der Waals surface area contributed by atoms with Gasteiger partial charge in [0.1, 0.15) is 11.5 Å². The minimum Gasteiger partial charge on any atom is -0.377 e. The number of anilines is 1. The molecule has 1 unspecified atom stereocenters. The van der Waals surface area contributed by atoms with Gasteiger partial charge >= 0.3 is 0 Å². The van der Waals surface area contributed by atoms with E-state index in [0.29, 0.717) is 24.7 Å². The average Bonchev–Trinajstić information content (AvgIpc) is 2.43. The lowest BCUT2D eigenvalue weighted by Crippen LogP contribution is -2.32. The van der Waals surface area contributed by atoms with Crippen LogP contribution < -0.4 is 10.6 Å². The first-order valence-electron chi connectivity index (χ1n) is 6.63. The Morgan fingerprint density at radius 1 is 1.42 bits per heavy atom. The second-order valence-corrected chi connectivity index (χ2v) is 4.19. The van der Waals surface area contributed by atoms with Crippen LogP contribution >= 0.6 is 0 Å². The van der Waals surface area contributed by atoms with Gasteiger partial charge in [-0.25, -0.2) is 4.98 Å². The Kier molecular flexibility index (Phi) is 6.81. The van der Waals surface area contributed by atoms with Gasteiger partial charge in [0, 0.05) is 19.7 Å². The van der Waals surface area contributed by atoms with E-state index in [1.807, 2.05) is 13.8 Å². The van der Waals surface area contributed by atoms with Crippen molar-refractivity contribution in [3.05, 3.63) is 18.1 Å². The molecule has 0 saturated heterocycles. The van der Waals surface area contributed by atoms with E-state index in [4.69, 9.17) is 4.74 Å². The van der Waals surface area contributed by atoms with Crippen molar-refractivity contribution >= 4 is 11.7 Å². The largest absolute Gasteiger partial charge is 0.377 e. The maximum atomic E-state index is 11.9. The van der Waals surface area contributed by atoms with Gasteiger partial charge in [0.25, 0.3) is 5.91 Å². The lowest BCUT2D eigenvalue weighted by atomic mass is 10.3. The molecule has 0 aliphatic carbocycles. The van der Waals surface area contributed by atoms with Gasteiger partial charge in [-0.2, -0.15) is 0 Å². The molecule has 1 heterocycles. The minimum absolute atomic E-state index is 0.0108. The predicted molar refractivity (Wildman–Crippen MR) is 74.2 cm³/mol. The summed E-state index contributed by atoms with van der Waals surface area (Å²) in [6.07, 6.45) is 4.04. The zero-order valence-corrected chi connectivity index (χ0v) is 11.8. The van der Waals surface area contributed by atoms with Gasteiger partial charge in [0.15, 0.2) is 0 Å². The monoisotopic (exact) mass is 266 g/mol. The summed E-state index contributed by atoms with van der Waals surface area (Å²) in [5, 5.41) is 5.87. The smallest absolute Gasteiger partial charge is 0.271 e. The van der Waals surface area contributed by atoms with Gasteiger partial charge in [0.2, 0.25) is 0 Å². The molecule has 0 aromatic carbocycles. The maximum Gasteiger partial charge on any atom is 0.271 e. The van der Waals surface area contributed by atoms with E-state index in [-0.39, 0.29) is 12.0 Å². The van der Waals surface area contributed by atoms with Gasteiger partial charge in [-0.1, -0.05) is 6.92 Å². The molecular weight excluding hydrogens is 244 g/mol. The Morgan fingerprint density at radius 2 is 2.21 bits per heavy atom. The van der Waals surface area contributed by atoms with Gasteiger partial charge in [-0.05, 0) is 20.3 Å². The third-order valence-corrected chi connectivity index (χ3v) is 2.42. The van der Waals surface area contributed by atoms with Crippen molar-refractivity contribution in [2.75, 3.05) is 25.0 Å². The summed E-state index contributed by atoms with van der Waals surface area (Å²) < 4.78 is 5.34. The number of aromatic nitrogens is 2. The highest BCUT2D eigenvalue weighted by Crippen LogP contribution is 2.02. The average molecular weight is 266 g/mol. The molecule has 19 heavy (non-hydrogen) atoms. The summed E-state index contributed by atoms with van der Waals surface area (Å²) >= 11 is 0. The molecule has 6 heteroatoms. The van der Waals surface area contributed by atoms with Crippen molar-refractivity contribution in [2.45, 2.75) is 33.3 Å². The summed E-state index contributed by atoms with van der Waals surface area (Å²) in [6, 6.07) is 0. The van der Waals surface area contributed by atoms with E-state index in [2.05, 4.69) is 27.5 Å². The van der Waals surface area contributed by atoms with Crippen molar-refractivity contribution in [3.8, 4) is 0 Å². The molecule has 1 aromatic rings. The van der Waals surface area contributed by atoms with Crippen LogP contribution in [0, 0.1) is 0 Å². The fourth-order valence-corrected chi connectivity index (χ4v) is 1.48. The van der Waals surface area contributed by atoms with Crippen molar-refractivity contribution in [1.29, 1.82) is 0 Å². The molecule has 106 valence electrons. The summed E-state index contributed by atoms with van der Waals surface area (Å²) in [5.41, 5.74) is 0.310. The molecule has 1 atom stereocenters. The van der Waals surface area contributed by atoms with Gasteiger partial charge in [0.05, 0.1) is 18.5 Å². The summed E-state index contributed by atoms with van der Waals surface area (Å²) in [6.45, 7) is 7.79. The summed E-state index contributed by atoms with van der Waals surface area (Å²) in [5.74, 6) is 0.381. The summed E-state index contributed by atoms with van der Waals surface area (Å²) in [7, 11) is 0. The zero-order chi connectivity index (χ0) is 14.1. The molecule has 0 bridgehead atoms. The first kappa shape index (κ1) is 15.4. The van der Waals surface area contributed by atoms with Crippen molar-refractivity contribution in [3.63, 3.8) is 0 Å². The minimum atomic E-state index is -0.237. The molecule has 1 aromatic heterocycles. The predicted octanol–water partition coefficient (Wildman–Crippen LogP) is 1.45. The first-order chi connectivity index (χ1) is 9.17. The van der Waals surface area contributed by atoms with Crippen LogP contribution in [-0.2, 0) is 4.74 Å². The van der Waals surface area contributed by atoms with Crippen molar-refractivity contribution in [1.82, 2.24) is 15.3 Å². The lowest BCUT2D eigenvalue weighted by molar-refractivity contribution is 0.0693. The van der Waals surface area contributed by atoms with E-state index in [0.717, 1.165) is 13.0 Å². The number of nitrogens with zero attached hydrogens (tertiary/aromatic N) is 2. The SMILES string of the molecule is CCCNc1cncc(C(=O)NCC(C)OCC)n1. The van der Waals surface area contributed by atoms with Gasteiger partial charge in [-0.3, -0.25) is 9.78 Å². The number of nitrogens with one attached hydrogen (secondary N) is 2. The molecule has 2 N–H and O–H groups in total. The molecule has 0 spiro atoms. The fraction of sp³-hybridized carbons (Fsp3) is 0.615. The Balaban J connectivity index is 2.51. The van der Waals surface area contributed by atoms with E-state index in [1.54, 1.807) is 6.20 Å². The number of rotatable bonds is 8. The molecule has 0 aliphatic rings. The number of amides is 1. The van der Waals surface area contributed by atoms with E-state index < -0.39 is 0 Å². The second-order valence-electron chi connectivity index (χ2n) is 4.19. The van der Waals surface area contributed by atoms with Crippen LogP contribution in [0.5, 0.6) is 0 Å². The third kappa shape index (κ3) is 5.65. The van der Waals surface area contributed by atoms with E-state index >= 15 is 0 Å². The highest BCUT2D eigenvalue weighted by molar-refractivity contribution is 5.92. The van der Waals surface area contributed by atoms with Crippen LogP contribution in [0.4, 0.5) is 5.82 Å². The van der Waals surface area contributed by atoms with Crippen LogP contribution in [0.3, 0.4) is 0 Å². The number of carbonyl (C=O) groups is 1. The first-order valence-corrected chi connectivity index (χ1v) is 6.63. The molecule has 0 aliphatic heterocycles. The molecule has 1 amide bonds. The number of carbonyl (C=O) groups excluding carboxylic acids is 1. The fourth-order valence-electron chi connectivity index (χ4n) is 1.48. The Morgan fingerprint density at radius 3 is 2.89 bits per heavy atom. The Bertz CT molecular complexity index is 398. The Labute approximate surface area is 114 Å². The third-order valence-electron chi connectivity index (χ3n) is 2.42. The number of ether oxygens (including phenoxy) is 1. The highest BCUT2D eigenvalue weighted by Gasteiger charge is 2.10.